The number of carbonyl (C=O) groups excluding carboxylic acids is 5. The van der Waals surface area contributed by atoms with Crippen LogP contribution >= 0.6 is 0 Å². The first-order chi connectivity index (χ1) is 24.0. The fourth-order valence-corrected chi connectivity index (χ4v) is 7.60. The van der Waals surface area contributed by atoms with E-state index in [0.29, 0.717) is 30.5 Å². The number of hydrogen-bond donors (Lipinski definition) is 2. The Hall–Kier alpha value is -4.07. The van der Waals surface area contributed by atoms with Crippen LogP contribution in [0.4, 0.5) is 0 Å². The van der Waals surface area contributed by atoms with Gasteiger partial charge in [0, 0.05) is 48.4 Å². The van der Waals surface area contributed by atoms with Crippen LogP contribution in [0.3, 0.4) is 0 Å². The van der Waals surface area contributed by atoms with Crippen molar-refractivity contribution in [1.29, 1.82) is 0 Å². The highest BCUT2D eigenvalue weighted by molar-refractivity contribution is 5.98. The van der Waals surface area contributed by atoms with Crippen molar-refractivity contribution in [2.75, 3.05) is 26.3 Å². The third kappa shape index (κ3) is 6.70. The van der Waals surface area contributed by atoms with E-state index in [2.05, 4.69) is 5.32 Å². The van der Waals surface area contributed by atoms with E-state index in [9.17, 15) is 29.1 Å². The van der Waals surface area contributed by atoms with Gasteiger partial charge in [0.15, 0.2) is 5.79 Å². The summed E-state index contributed by atoms with van der Waals surface area (Å²) in [6.07, 6.45) is 6.38. The molecular weight excluding hydrogens is 648 g/mol. The van der Waals surface area contributed by atoms with Crippen LogP contribution in [0.2, 0.25) is 0 Å². The smallest absolute Gasteiger partial charge is 0.348 e. The number of ether oxygens (including phenoxy) is 5. The average molecular weight is 693 g/mol. The van der Waals surface area contributed by atoms with Gasteiger partial charge in [0.05, 0.1) is 12.2 Å². The van der Waals surface area contributed by atoms with Gasteiger partial charge < -0.3 is 39.0 Å². The molecule has 3 aliphatic carbocycles. The first-order valence-corrected chi connectivity index (χ1v) is 17.6. The first-order valence-electron chi connectivity index (χ1n) is 17.6. The highest BCUT2D eigenvalue weighted by Crippen LogP contribution is 2.59. The zero-order valence-electron chi connectivity index (χ0n) is 28.3. The van der Waals surface area contributed by atoms with Crippen LogP contribution in [0.5, 0.6) is 0 Å². The van der Waals surface area contributed by atoms with Gasteiger partial charge in [-0.05, 0) is 62.3 Å². The number of esters is 3. The van der Waals surface area contributed by atoms with Gasteiger partial charge in [0.1, 0.15) is 31.0 Å². The third-order valence-electron chi connectivity index (χ3n) is 10.5. The summed E-state index contributed by atoms with van der Waals surface area (Å²) in [6.45, 7) is 3.98. The lowest BCUT2D eigenvalue weighted by molar-refractivity contribution is -0.209. The zero-order valence-corrected chi connectivity index (χ0v) is 28.3. The quantitative estimate of drug-likeness (QED) is 0.199. The molecule has 5 fully saturated rings. The number of rotatable bonds is 11. The molecule has 268 valence electrons. The number of amides is 2. The molecule has 3 heterocycles. The van der Waals surface area contributed by atoms with Crippen molar-refractivity contribution in [3.8, 4) is 0 Å². The maximum Gasteiger partial charge on any atom is 0.348 e. The largest absolute Gasteiger partial charge is 0.462 e. The Labute approximate surface area is 290 Å². The fourth-order valence-electron chi connectivity index (χ4n) is 7.60. The molecule has 2 amide bonds. The standard InChI is InChI=1S/C37H44N2O11/c1-36(2)20-46-35(45)31(36)48-29(41)14-9-21-6-3-4-7-25(21)34(44)47-27-18-22(33(43)39-16-5-8-26(39)32(42)38-15-17-40)19-28-30(27)50-37(49-28,23-10-11-23)24-12-13-24/h3-4,6-7,9,14,19,23-24,26-28,30-31,40H,5,8,10-13,15-18,20H2,1-2H3,(H,38,42)/t26-,27-,28-,30+,31+/m1/s1. The molecule has 0 unspecified atom stereocenters. The van der Waals surface area contributed by atoms with Crippen LogP contribution in [0.1, 0.15) is 74.7 Å². The lowest BCUT2D eigenvalue weighted by atomic mass is 9.90. The minimum Gasteiger partial charge on any atom is -0.462 e. The highest BCUT2D eigenvalue weighted by Gasteiger charge is 2.64. The summed E-state index contributed by atoms with van der Waals surface area (Å²) in [5, 5.41) is 11.9. The fraction of sp³-hybridized carbons (Fsp3) is 0.595. The van der Waals surface area contributed by atoms with Crippen LogP contribution in [-0.4, -0.2) is 102 Å². The van der Waals surface area contributed by atoms with Crippen molar-refractivity contribution < 1.29 is 52.8 Å². The molecule has 7 rings (SSSR count). The van der Waals surface area contributed by atoms with Crippen LogP contribution in [0.15, 0.2) is 42.0 Å². The van der Waals surface area contributed by atoms with Crippen molar-refractivity contribution in [2.45, 2.75) is 95.0 Å². The Morgan fingerprint density at radius 3 is 2.46 bits per heavy atom. The molecule has 2 N–H and O–H groups in total. The van der Waals surface area contributed by atoms with Gasteiger partial charge in [-0.2, -0.15) is 0 Å². The van der Waals surface area contributed by atoms with Crippen LogP contribution in [-0.2, 0) is 42.9 Å². The number of nitrogens with zero attached hydrogens (tertiary/aromatic N) is 1. The molecule has 50 heavy (non-hydrogen) atoms. The van der Waals surface area contributed by atoms with E-state index in [1.807, 2.05) is 0 Å². The number of likely N-dealkylation sites (tertiary alicyclic amines) is 1. The zero-order chi connectivity index (χ0) is 35.2. The average Bonchev–Trinajstić information content (AvgIpc) is 4.04. The summed E-state index contributed by atoms with van der Waals surface area (Å²) in [7, 11) is 0. The summed E-state index contributed by atoms with van der Waals surface area (Å²) in [5.74, 6) is -2.96. The summed E-state index contributed by atoms with van der Waals surface area (Å²) in [4.78, 5) is 67.1. The molecule has 1 aromatic carbocycles. The molecule has 13 nitrogen and oxygen atoms in total. The predicted molar refractivity (Wildman–Crippen MR) is 175 cm³/mol. The molecule has 3 saturated heterocycles. The molecule has 2 saturated carbocycles. The van der Waals surface area contributed by atoms with E-state index in [4.69, 9.17) is 23.7 Å². The predicted octanol–water partition coefficient (Wildman–Crippen LogP) is 2.45. The molecule has 13 heteroatoms. The second-order valence-corrected chi connectivity index (χ2v) is 14.8. The van der Waals surface area contributed by atoms with Crippen LogP contribution in [0.25, 0.3) is 6.08 Å². The Kier molecular flexibility index (Phi) is 9.33. The molecule has 1 aromatic rings. The number of carbonyl (C=O) groups is 5. The first kappa shape index (κ1) is 34.4. The molecule has 0 aromatic heterocycles. The topological polar surface area (TPSA) is 167 Å². The summed E-state index contributed by atoms with van der Waals surface area (Å²) in [5.41, 5.74) is 0.302. The van der Waals surface area contributed by atoms with Crippen molar-refractivity contribution in [3.05, 3.63) is 53.1 Å². The van der Waals surface area contributed by atoms with Gasteiger partial charge in [-0.15, -0.1) is 0 Å². The number of aliphatic hydroxyl groups is 1. The molecule has 3 aliphatic heterocycles. The Bertz CT molecular complexity index is 1600. The SMILES string of the molecule is CC1(C)COC(=O)[C@@H]1OC(=O)C=Cc1ccccc1C(=O)O[C@@H]1CC(C(=O)N2CCC[C@@H]2C(=O)NCCO)=C[C@H]2OC(C3CC3)(C3CC3)O[C@H]21. The molecule has 0 spiro atoms. The van der Waals surface area contributed by atoms with Gasteiger partial charge >= 0.3 is 17.9 Å². The number of hydrogen-bond acceptors (Lipinski definition) is 11. The molecule has 6 aliphatic rings. The normalized spacial score (nSPS) is 29.7. The number of aliphatic hydroxyl groups excluding tert-OH is 1. The Morgan fingerprint density at radius 2 is 1.78 bits per heavy atom. The van der Waals surface area contributed by atoms with Crippen LogP contribution < -0.4 is 5.32 Å². The number of benzene rings is 1. The number of nitrogens with one attached hydrogen (secondary N) is 1. The van der Waals surface area contributed by atoms with Crippen molar-refractivity contribution >= 4 is 35.8 Å². The van der Waals surface area contributed by atoms with E-state index in [1.165, 1.54) is 6.08 Å². The minimum absolute atomic E-state index is 0.0690. The number of fused-ring (bicyclic) bond motifs is 1. The van der Waals surface area contributed by atoms with E-state index < -0.39 is 59.6 Å². The van der Waals surface area contributed by atoms with E-state index in [-0.39, 0.29) is 55.4 Å². The van der Waals surface area contributed by atoms with E-state index >= 15 is 0 Å². The minimum atomic E-state index is -1.04. The third-order valence-corrected chi connectivity index (χ3v) is 10.5. The molecule has 5 atom stereocenters. The van der Waals surface area contributed by atoms with Gasteiger partial charge in [-0.3, -0.25) is 9.59 Å². The second-order valence-electron chi connectivity index (χ2n) is 14.8. The monoisotopic (exact) mass is 692 g/mol. The summed E-state index contributed by atoms with van der Waals surface area (Å²) < 4.78 is 30.0. The second kappa shape index (κ2) is 13.6. The molecular formula is C37H44N2O11. The van der Waals surface area contributed by atoms with Gasteiger partial charge in [-0.1, -0.05) is 32.0 Å². The Balaban J connectivity index is 1.10. The Morgan fingerprint density at radius 1 is 1.04 bits per heavy atom. The van der Waals surface area contributed by atoms with Crippen LogP contribution in [0, 0.1) is 17.3 Å². The lowest BCUT2D eigenvalue weighted by Crippen LogP contribution is -2.49. The van der Waals surface area contributed by atoms with E-state index in [0.717, 1.165) is 31.8 Å². The highest BCUT2D eigenvalue weighted by atomic mass is 16.8. The van der Waals surface area contributed by atoms with E-state index in [1.54, 1.807) is 49.1 Å². The summed E-state index contributed by atoms with van der Waals surface area (Å²) >= 11 is 0. The lowest BCUT2D eigenvalue weighted by Gasteiger charge is -2.33. The van der Waals surface area contributed by atoms with Gasteiger partial charge in [0.25, 0.3) is 0 Å². The maximum atomic E-state index is 14.0. The summed E-state index contributed by atoms with van der Waals surface area (Å²) in [6, 6.07) is 5.96. The molecule has 0 radical (unpaired) electrons. The maximum absolute atomic E-state index is 14.0. The van der Waals surface area contributed by atoms with Crippen molar-refractivity contribution in [1.82, 2.24) is 10.2 Å². The van der Waals surface area contributed by atoms with Crippen molar-refractivity contribution in [3.63, 3.8) is 0 Å². The van der Waals surface area contributed by atoms with Gasteiger partial charge in [-0.25, -0.2) is 14.4 Å². The number of cyclic esters (lactones) is 1. The molecule has 0 bridgehead atoms. The van der Waals surface area contributed by atoms with Gasteiger partial charge in [0.2, 0.25) is 17.9 Å². The van der Waals surface area contributed by atoms with Crippen molar-refractivity contribution in [2.24, 2.45) is 17.3 Å².